The summed E-state index contributed by atoms with van der Waals surface area (Å²) >= 11 is 0. The fourth-order valence-corrected chi connectivity index (χ4v) is 2.17. The highest BCUT2D eigenvalue weighted by molar-refractivity contribution is 5.52. The van der Waals surface area contributed by atoms with Gasteiger partial charge in [0, 0.05) is 24.0 Å². The molecule has 2 rings (SSSR count). The SMILES string of the molecule is CC(C)C[C@@H](C)N(C)Cc1nc(-c2ccncc2)no1. The molecule has 2 aromatic heterocycles. The lowest BCUT2D eigenvalue weighted by Gasteiger charge is -2.24. The van der Waals surface area contributed by atoms with Crippen molar-refractivity contribution in [2.24, 2.45) is 5.92 Å². The van der Waals surface area contributed by atoms with E-state index >= 15 is 0 Å². The summed E-state index contributed by atoms with van der Waals surface area (Å²) in [4.78, 5) is 10.7. The van der Waals surface area contributed by atoms with Gasteiger partial charge in [0.1, 0.15) is 0 Å². The predicted octanol–water partition coefficient (Wildman–Crippen LogP) is 3.00. The van der Waals surface area contributed by atoms with Crippen molar-refractivity contribution in [2.75, 3.05) is 7.05 Å². The highest BCUT2D eigenvalue weighted by Crippen LogP contribution is 2.16. The molecule has 0 spiro atoms. The Morgan fingerprint density at radius 2 is 1.90 bits per heavy atom. The number of pyridine rings is 1. The van der Waals surface area contributed by atoms with Crippen molar-refractivity contribution in [3.63, 3.8) is 0 Å². The molecule has 0 unspecified atom stereocenters. The zero-order valence-electron chi connectivity index (χ0n) is 12.6. The highest BCUT2D eigenvalue weighted by Gasteiger charge is 2.15. The summed E-state index contributed by atoms with van der Waals surface area (Å²) in [6.07, 6.45) is 4.60. The Morgan fingerprint density at radius 1 is 1.20 bits per heavy atom. The summed E-state index contributed by atoms with van der Waals surface area (Å²) in [5, 5.41) is 4.02. The van der Waals surface area contributed by atoms with Gasteiger partial charge in [0.15, 0.2) is 0 Å². The quantitative estimate of drug-likeness (QED) is 0.810. The van der Waals surface area contributed by atoms with Gasteiger partial charge in [-0.15, -0.1) is 0 Å². The molecule has 2 heterocycles. The van der Waals surface area contributed by atoms with Gasteiger partial charge in [-0.3, -0.25) is 9.88 Å². The first kappa shape index (κ1) is 14.7. The van der Waals surface area contributed by atoms with Crippen LogP contribution in [-0.2, 0) is 6.54 Å². The summed E-state index contributed by atoms with van der Waals surface area (Å²) in [6.45, 7) is 7.36. The van der Waals surface area contributed by atoms with Crippen molar-refractivity contribution in [2.45, 2.75) is 39.8 Å². The molecule has 0 fully saturated rings. The normalized spacial score (nSPS) is 13.1. The lowest BCUT2D eigenvalue weighted by atomic mass is 10.0. The minimum absolute atomic E-state index is 0.492. The van der Waals surface area contributed by atoms with Crippen LogP contribution in [0.3, 0.4) is 0 Å². The molecule has 1 atom stereocenters. The molecule has 20 heavy (non-hydrogen) atoms. The largest absolute Gasteiger partial charge is 0.338 e. The zero-order chi connectivity index (χ0) is 14.5. The number of nitrogens with zero attached hydrogens (tertiary/aromatic N) is 4. The van der Waals surface area contributed by atoms with E-state index in [4.69, 9.17) is 4.52 Å². The second kappa shape index (κ2) is 6.61. The molecule has 0 bridgehead atoms. The molecular weight excluding hydrogens is 252 g/mol. The topological polar surface area (TPSA) is 55.1 Å². The molecule has 0 aliphatic carbocycles. The van der Waals surface area contributed by atoms with Gasteiger partial charge in [-0.05, 0) is 38.4 Å². The molecule has 0 N–H and O–H groups in total. The second-order valence-corrected chi connectivity index (χ2v) is 5.64. The standard InChI is InChI=1S/C15H22N4O/c1-11(2)9-12(3)19(4)10-14-17-15(18-20-14)13-5-7-16-8-6-13/h5-8,11-12H,9-10H2,1-4H3/t12-/m1/s1. The van der Waals surface area contributed by atoms with Crippen LogP contribution in [0.1, 0.15) is 33.1 Å². The van der Waals surface area contributed by atoms with Crippen LogP contribution in [-0.4, -0.2) is 33.1 Å². The average Bonchev–Trinajstić information content (AvgIpc) is 2.87. The van der Waals surface area contributed by atoms with E-state index in [-0.39, 0.29) is 0 Å². The van der Waals surface area contributed by atoms with Crippen molar-refractivity contribution in [3.8, 4) is 11.4 Å². The van der Waals surface area contributed by atoms with Gasteiger partial charge in [0.05, 0.1) is 6.54 Å². The number of hydrogen-bond acceptors (Lipinski definition) is 5. The first-order valence-electron chi connectivity index (χ1n) is 6.99. The lowest BCUT2D eigenvalue weighted by molar-refractivity contribution is 0.194. The first-order chi connectivity index (χ1) is 9.56. The minimum atomic E-state index is 0.492. The van der Waals surface area contributed by atoms with Crippen LogP contribution in [0.4, 0.5) is 0 Å². The van der Waals surface area contributed by atoms with E-state index in [1.165, 1.54) is 0 Å². The van der Waals surface area contributed by atoms with Crippen molar-refractivity contribution >= 4 is 0 Å². The van der Waals surface area contributed by atoms with Gasteiger partial charge in [0.2, 0.25) is 11.7 Å². The number of aromatic nitrogens is 3. The van der Waals surface area contributed by atoms with Gasteiger partial charge in [-0.25, -0.2) is 0 Å². The molecule has 0 aromatic carbocycles. The van der Waals surface area contributed by atoms with Crippen LogP contribution in [0.5, 0.6) is 0 Å². The molecule has 0 saturated heterocycles. The van der Waals surface area contributed by atoms with Crippen molar-refractivity contribution in [1.29, 1.82) is 0 Å². The minimum Gasteiger partial charge on any atom is -0.338 e. The molecule has 0 aliphatic heterocycles. The monoisotopic (exact) mass is 274 g/mol. The van der Waals surface area contributed by atoms with Crippen LogP contribution in [0.25, 0.3) is 11.4 Å². The summed E-state index contributed by atoms with van der Waals surface area (Å²) in [5.41, 5.74) is 0.924. The molecule has 108 valence electrons. The molecule has 0 amide bonds. The number of rotatable bonds is 6. The average molecular weight is 274 g/mol. The van der Waals surface area contributed by atoms with Crippen LogP contribution >= 0.6 is 0 Å². The van der Waals surface area contributed by atoms with Crippen LogP contribution in [0.15, 0.2) is 29.0 Å². The van der Waals surface area contributed by atoms with Crippen LogP contribution < -0.4 is 0 Å². The third kappa shape index (κ3) is 3.87. The third-order valence-electron chi connectivity index (χ3n) is 3.36. The van der Waals surface area contributed by atoms with Gasteiger partial charge in [-0.1, -0.05) is 19.0 Å². The summed E-state index contributed by atoms with van der Waals surface area (Å²) in [7, 11) is 2.09. The van der Waals surface area contributed by atoms with Crippen molar-refractivity contribution in [3.05, 3.63) is 30.4 Å². The zero-order valence-corrected chi connectivity index (χ0v) is 12.6. The number of hydrogen-bond donors (Lipinski definition) is 0. The smallest absolute Gasteiger partial charge is 0.241 e. The Kier molecular flexibility index (Phi) is 4.84. The summed E-state index contributed by atoms with van der Waals surface area (Å²) < 4.78 is 5.32. The van der Waals surface area contributed by atoms with Crippen LogP contribution in [0.2, 0.25) is 0 Å². The Balaban J connectivity index is 1.99. The van der Waals surface area contributed by atoms with E-state index in [9.17, 15) is 0 Å². The fraction of sp³-hybridized carbons (Fsp3) is 0.533. The maximum Gasteiger partial charge on any atom is 0.241 e. The first-order valence-corrected chi connectivity index (χ1v) is 6.99. The van der Waals surface area contributed by atoms with Gasteiger partial charge in [0.25, 0.3) is 0 Å². The molecular formula is C15H22N4O. The van der Waals surface area contributed by atoms with E-state index in [0.717, 1.165) is 12.0 Å². The van der Waals surface area contributed by atoms with E-state index in [0.29, 0.717) is 30.2 Å². The predicted molar refractivity (Wildman–Crippen MR) is 77.9 cm³/mol. The summed E-state index contributed by atoms with van der Waals surface area (Å²) in [6, 6.07) is 4.24. The van der Waals surface area contributed by atoms with Gasteiger partial charge < -0.3 is 4.52 Å². The Bertz CT molecular complexity index is 524. The van der Waals surface area contributed by atoms with Crippen molar-refractivity contribution in [1.82, 2.24) is 20.0 Å². The van der Waals surface area contributed by atoms with E-state index < -0.39 is 0 Å². The molecule has 0 aliphatic rings. The van der Waals surface area contributed by atoms with Gasteiger partial charge >= 0.3 is 0 Å². The Labute approximate surface area is 120 Å². The van der Waals surface area contributed by atoms with E-state index in [1.54, 1.807) is 12.4 Å². The molecule has 2 aromatic rings. The third-order valence-corrected chi connectivity index (χ3v) is 3.36. The van der Waals surface area contributed by atoms with E-state index in [2.05, 4.69) is 47.8 Å². The van der Waals surface area contributed by atoms with Gasteiger partial charge in [-0.2, -0.15) is 4.98 Å². The molecule has 0 radical (unpaired) electrons. The maximum atomic E-state index is 5.32. The second-order valence-electron chi connectivity index (χ2n) is 5.64. The molecule has 5 nitrogen and oxygen atoms in total. The highest BCUT2D eigenvalue weighted by atomic mass is 16.5. The Hall–Kier alpha value is -1.75. The van der Waals surface area contributed by atoms with E-state index in [1.807, 2.05) is 12.1 Å². The molecule has 5 heteroatoms. The lowest BCUT2D eigenvalue weighted by Crippen LogP contribution is -2.29. The fourth-order valence-electron chi connectivity index (χ4n) is 2.17. The van der Waals surface area contributed by atoms with Crippen LogP contribution in [0, 0.1) is 5.92 Å². The molecule has 0 saturated carbocycles. The summed E-state index contributed by atoms with van der Waals surface area (Å²) in [5.74, 6) is 1.95. The Morgan fingerprint density at radius 3 is 2.55 bits per heavy atom. The van der Waals surface area contributed by atoms with Crippen molar-refractivity contribution < 1.29 is 4.52 Å². The maximum absolute atomic E-state index is 5.32.